The molecular formula is C7H12N4O. The second kappa shape index (κ2) is 3.25. The van der Waals surface area contributed by atoms with Gasteiger partial charge in [0.2, 0.25) is 5.91 Å². The van der Waals surface area contributed by atoms with Crippen molar-refractivity contribution in [3.63, 3.8) is 0 Å². The third kappa shape index (κ3) is 1.75. The second-order valence-corrected chi connectivity index (χ2v) is 2.57. The van der Waals surface area contributed by atoms with Crippen molar-refractivity contribution in [2.75, 3.05) is 12.8 Å². The van der Waals surface area contributed by atoms with Crippen LogP contribution in [0.2, 0.25) is 0 Å². The van der Waals surface area contributed by atoms with Crippen molar-refractivity contribution in [2.24, 2.45) is 0 Å². The zero-order valence-electron chi connectivity index (χ0n) is 7.16. The number of nitrogens with one attached hydrogen (secondary N) is 1. The molecule has 5 heteroatoms. The molecule has 12 heavy (non-hydrogen) atoms. The summed E-state index contributed by atoms with van der Waals surface area (Å²) in [6, 6.07) is 0. The van der Waals surface area contributed by atoms with E-state index in [0.717, 1.165) is 5.56 Å². The molecule has 0 spiro atoms. The lowest BCUT2D eigenvalue weighted by atomic mass is 10.4. The van der Waals surface area contributed by atoms with Gasteiger partial charge in [0, 0.05) is 18.8 Å². The quantitative estimate of drug-likeness (QED) is 0.626. The number of amides is 1. The first kappa shape index (κ1) is 8.58. The fourth-order valence-corrected chi connectivity index (χ4v) is 0.843. The summed E-state index contributed by atoms with van der Waals surface area (Å²) in [6.45, 7) is 2.07. The number of rotatable bonds is 2. The number of nitrogens with two attached hydrogens (primary N) is 1. The number of carbonyl (C=O) groups is 1. The molecule has 0 aliphatic carbocycles. The number of hydrogen-bond acceptors (Lipinski definition) is 3. The van der Waals surface area contributed by atoms with Gasteiger partial charge in [-0.25, -0.2) is 0 Å². The Balaban J connectivity index is 2.70. The number of nitrogens with zero attached hydrogens (tertiary/aromatic N) is 2. The zero-order chi connectivity index (χ0) is 9.14. The lowest BCUT2D eigenvalue weighted by Gasteiger charge is -1.98. The van der Waals surface area contributed by atoms with Crippen LogP contribution in [-0.4, -0.2) is 22.7 Å². The van der Waals surface area contributed by atoms with Gasteiger partial charge in [-0.3, -0.25) is 9.48 Å². The molecule has 0 radical (unpaired) electrons. The Morgan fingerprint density at radius 2 is 2.50 bits per heavy atom. The Labute approximate surface area is 70.5 Å². The first-order valence-electron chi connectivity index (χ1n) is 3.63. The summed E-state index contributed by atoms with van der Waals surface area (Å²) in [5, 5.41) is 6.43. The first-order valence-corrected chi connectivity index (χ1v) is 3.63. The number of nitrogen functional groups attached to an aromatic ring is 1. The van der Waals surface area contributed by atoms with E-state index in [4.69, 9.17) is 5.73 Å². The Hall–Kier alpha value is -1.52. The molecule has 0 aliphatic rings. The van der Waals surface area contributed by atoms with Crippen molar-refractivity contribution in [2.45, 2.75) is 13.5 Å². The lowest BCUT2D eigenvalue weighted by Crippen LogP contribution is -2.23. The largest absolute Gasteiger partial charge is 0.382 e. The Morgan fingerprint density at radius 3 is 2.92 bits per heavy atom. The van der Waals surface area contributed by atoms with E-state index in [0.29, 0.717) is 5.82 Å². The minimum absolute atomic E-state index is 0.0856. The molecule has 1 amide bonds. The van der Waals surface area contributed by atoms with E-state index in [2.05, 4.69) is 10.4 Å². The van der Waals surface area contributed by atoms with Gasteiger partial charge >= 0.3 is 0 Å². The number of carbonyl (C=O) groups excluding carboxylic acids is 1. The highest BCUT2D eigenvalue weighted by molar-refractivity contribution is 5.75. The third-order valence-corrected chi connectivity index (χ3v) is 1.57. The minimum Gasteiger partial charge on any atom is -0.382 e. The minimum atomic E-state index is -0.0856. The molecule has 1 heterocycles. The molecule has 0 unspecified atom stereocenters. The SMILES string of the molecule is CNC(=O)Cn1cc(C)c(N)n1. The van der Waals surface area contributed by atoms with Crippen molar-refractivity contribution in [1.82, 2.24) is 15.1 Å². The van der Waals surface area contributed by atoms with Crippen LogP contribution < -0.4 is 11.1 Å². The van der Waals surface area contributed by atoms with Gasteiger partial charge in [-0.2, -0.15) is 5.10 Å². The maximum Gasteiger partial charge on any atom is 0.241 e. The Morgan fingerprint density at radius 1 is 1.83 bits per heavy atom. The molecule has 3 N–H and O–H groups in total. The molecule has 0 saturated heterocycles. The van der Waals surface area contributed by atoms with Crippen LogP contribution >= 0.6 is 0 Å². The van der Waals surface area contributed by atoms with Gasteiger partial charge in [-0.1, -0.05) is 0 Å². The molecule has 0 saturated carbocycles. The van der Waals surface area contributed by atoms with Gasteiger partial charge in [-0.05, 0) is 6.92 Å². The maximum atomic E-state index is 10.9. The lowest BCUT2D eigenvalue weighted by molar-refractivity contribution is -0.121. The molecule has 0 aliphatic heterocycles. The van der Waals surface area contributed by atoms with E-state index in [1.54, 1.807) is 13.2 Å². The van der Waals surface area contributed by atoms with Crippen LogP contribution in [0.1, 0.15) is 5.56 Å². The maximum absolute atomic E-state index is 10.9. The average molecular weight is 168 g/mol. The normalized spacial score (nSPS) is 9.83. The van der Waals surface area contributed by atoms with Crippen molar-refractivity contribution in [1.29, 1.82) is 0 Å². The molecule has 1 rings (SSSR count). The van der Waals surface area contributed by atoms with E-state index in [1.807, 2.05) is 6.92 Å². The van der Waals surface area contributed by atoms with Crippen molar-refractivity contribution in [3.8, 4) is 0 Å². The summed E-state index contributed by atoms with van der Waals surface area (Å²) in [4.78, 5) is 10.9. The van der Waals surface area contributed by atoms with E-state index < -0.39 is 0 Å². The Kier molecular flexibility index (Phi) is 2.32. The highest BCUT2D eigenvalue weighted by Crippen LogP contribution is 2.05. The number of likely N-dealkylation sites (N-methyl/N-ethyl adjacent to an activating group) is 1. The molecule has 0 atom stereocenters. The Bertz CT molecular complexity index is 272. The van der Waals surface area contributed by atoms with Crippen LogP contribution in [0, 0.1) is 6.92 Å². The molecule has 1 aromatic heterocycles. The van der Waals surface area contributed by atoms with Crippen LogP contribution in [0.3, 0.4) is 0 Å². The zero-order valence-corrected chi connectivity index (χ0v) is 7.16. The molecule has 1 aromatic rings. The molecular weight excluding hydrogens is 156 g/mol. The van der Waals surface area contributed by atoms with Crippen LogP contribution in [0.25, 0.3) is 0 Å². The van der Waals surface area contributed by atoms with Gasteiger partial charge in [0.15, 0.2) is 0 Å². The first-order chi connectivity index (χ1) is 5.63. The summed E-state index contributed by atoms with van der Waals surface area (Å²) in [5.41, 5.74) is 6.38. The third-order valence-electron chi connectivity index (χ3n) is 1.57. The van der Waals surface area contributed by atoms with Gasteiger partial charge < -0.3 is 11.1 Å². The van der Waals surface area contributed by atoms with Crippen molar-refractivity contribution in [3.05, 3.63) is 11.8 Å². The molecule has 5 nitrogen and oxygen atoms in total. The molecule has 66 valence electrons. The van der Waals surface area contributed by atoms with E-state index in [-0.39, 0.29) is 12.5 Å². The van der Waals surface area contributed by atoms with Gasteiger partial charge in [-0.15, -0.1) is 0 Å². The van der Waals surface area contributed by atoms with Crippen LogP contribution in [-0.2, 0) is 11.3 Å². The van der Waals surface area contributed by atoms with Crippen LogP contribution in [0.4, 0.5) is 5.82 Å². The van der Waals surface area contributed by atoms with Crippen LogP contribution in [0.15, 0.2) is 6.20 Å². The van der Waals surface area contributed by atoms with E-state index >= 15 is 0 Å². The monoisotopic (exact) mass is 168 g/mol. The fraction of sp³-hybridized carbons (Fsp3) is 0.429. The predicted octanol–water partition coefficient (Wildman–Crippen LogP) is -0.480. The highest BCUT2D eigenvalue weighted by atomic mass is 16.1. The summed E-state index contributed by atoms with van der Waals surface area (Å²) in [7, 11) is 1.59. The summed E-state index contributed by atoms with van der Waals surface area (Å²) < 4.78 is 1.52. The summed E-state index contributed by atoms with van der Waals surface area (Å²) >= 11 is 0. The summed E-state index contributed by atoms with van der Waals surface area (Å²) in [5.74, 6) is 0.386. The van der Waals surface area contributed by atoms with Gasteiger partial charge in [0.1, 0.15) is 12.4 Å². The fourth-order valence-electron chi connectivity index (χ4n) is 0.843. The van der Waals surface area contributed by atoms with Crippen LogP contribution in [0.5, 0.6) is 0 Å². The standard InChI is InChI=1S/C7H12N4O/c1-5-3-11(10-7(5)8)4-6(12)9-2/h3H,4H2,1-2H3,(H2,8,10)(H,9,12). The average Bonchev–Trinajstić information content (AvgIpc) is 2.31. The molecule has 0 aromatic carbocycles. The van der Waals surface area contributed by atoms with Gasteiger partial charge in [0.25, 0.3) is 0 Å². The summed E-state index contributed by atoms with van der Waals surface area (Å²) in [6.07, 6.45) is 1.74. The van der Waals surface area contributed by atoms with Crippen molar-refractivity contribution < 1.29 is 4.79 Å². The number of anilines is 1. The predicted molar refractivity (Wildman–Crippen MR) is 45.4 cm³/mol. The molecule has 0 bridgehead atoms. The second-order valence-electron chi connectivity index (χ2n) is 2.57. The number of aryl methyl sites for hydroxylation is 1. The van der Waals surface area contributed by atoms with E-state index in [9.17, 15) is 4.79 Å². The molecule has 0 fully saturated rings. The smallest absolute Gasteiger partial charge is 0.241 e. The number of hydrogen-bond donors (Lipinski definition) is 2. The van der Waals surface area contributed by atoms with E-state index in [1.165, 1.54) is 4.68 Å². The highest BCUT2D eigenvalue weighted by Gasteiger charge is 2.03. The topological polar surface area (TPSA) is 72.9 Å². The van der Waals surface area contributed by atoms with Crippen molar-refractivity contribution >= 4 is 11.7 Å². The number of aromatic nitrogens is 2. The van der Waals surface area contributed by atoms with Gasteiger partial charge in [0.05, 0.1) is 0 Å².